The topological polar surface area (TPSA) is 75.4 Å². The highest BCUT2D eigenvalue weighted by Gasteiger charge is 2.28. The van der Waals surface area contributed by atoms with Crippen molar-refractivity contribution < 1.29 is 9.59 Å². The van der Waals surface area contributed by atoms with Crippen LogP contribution >= 0.6 is 0 Å². The molecular weight excluding hydrogens is 254 g/mol. The van der Waals surface area contributed by atoms with E-state index in [1.807, 2.05) is 19.9 Å². The summed E-state index contributed by atoms with van der Waals surface area (Å²) in [6, 6.07) is 3.74. The fourth-order valence-corrected chi connectivity index (χ4v) is 2.62. The molecule has 2 rings (SSSR count). The first-order valence-electron chi connectivity index (χ1n) is 6.81. The van der Waals surface area contributed by atoms with Crippen molar-refractivity contribution in [2.75, 3.05) is 18.8 Å². The molecular formula is C15H21N3O2. The van der Waals surface area contributed by atoms with E-state index in [-0.39, 0.29) is 17.9 Å². The van der Waals surface area contributed by atoms with Gasteiger partial charge in [-0.1, -0.05) is 6.07 Å². The Kier molecular flexibility index (Phi) is 3.97. The number of nitrogens with one attached hydrogen (secondary N) is 1. The van der Waals surface area contributed by atoms with Crippen LogP contribution in [-0.2, 0) is 4.79 Å². The SMILES string of the molecule is CC(=O)NC1CCN(C(=O)c2cc(N)c(C)cc2C)C1. The van der Waals surface area contributed by atoms with Gasteiger partial charge in [-0.25, -0.2) is 0 Å². The van der Waals surface area contributed by atoms with Crippen molar-refractivity contribution in [1.82, 2.24) is 10.2 Å². The third kappa shape index (κ3) is 2.92. The lowest BCUT2D eigenvalue weighted by Gasteiger charge is -2.19. The highest BCUT2D eigenvalue weighted by molar-refractivity contribution is 5.97. The maximum atomic E-state index is 12.5. The van der Waals surface area contributed by atoms with Crippen LogP contribution in [0.1, 0.15) is 34.8 Å². The van der Waals surface area contributed by atoms with Gasteiger partial charge in [-0.15, -0.1) is 0 Å². The molecule has 1 saturated heterocycles. The summed E-state index contributed by atoms with van der Waals surface area (Å²) < 4.78 is 0. The summed E-state index contributed by atoms with van der Waals surface area (Å²) in [4.78, 5) is 25.3. The van der Waals surface area contributed by atoms with E-state index in [1.165, 1.54) is 6.92 Å². The van der Waals surface area contributed by atoms with Crippen LogP contribution in [0.25, 0.3) is 0 Å². The number of amides is 2. The van der Waals surface area contributed by atoms with Crippen molar-refractivity contribution in [1.29, 1.82) is 0 Å². The summed E-state index contributed by atoms with van der Waals surface area (Å²) >= 11 is 0. The normalized spacial score (nSPS) is 18.1. The molecule has 0 radical (unpaired) electrons. The monoisotopic (exact) mass is 275 g/mol. The molecule has 5 nitrogen and oxygen atoms in total. The Hall–Kier alpha value is -2.04. The lowest BCUT2D eigenvalue weighted by Crippen LogP contribution is -2.37. The molecule has 0 bridgehead atoms. The molecule has 1 aromatic carbocycles. The number of anilines is 1. The molecule has 0 saturated carbocycles. The molecule has 0 aliphatic carbocycles. The smallest absolute Gasteiger partial charge is 0.254 e. The summed E-state index contributed by atoms with van der Waals surface area (Å²) in [5.41, 5.74) is 9.09. The fraction of sp³-hybridized carbons (Fsp3) is 0.467. The zero-order valence-electron chi connectivity index (χ0n) is 12.2. The van der Waals surface area contributed by atoms with Crippen molar-refractivity contribution in [2.45, 2.75) is 33.2 Å². The van der Waals surface area contributed by atoms with Crippen molar-refractivity contribution in [3.63, 3.8) is 0 Å². The summed E-state index contributed by atoms with van der Waals surface area (Å²) in [6.07, 6.45) is 0.797. The summed E-state index contributed by atoms with van der Waals surface area (Å²) in [6.45, 7) is 6.57. The number of rotatable bonds is 2. The molecule has 0 aromatic heterocycles. The molecule has 20 heavy (non-hydrogen) atoms. The Morgan fingerprint density at radius 2 is 2.00 bits per heavy atom. The third-order valence-corrected chi connectivity index (χ3v) is 3.73. The van der Waals surface area contributed by atoms with E-state index in [4.69, 9.17) is 5.73 Å². The van der Waals surface area contributed by atoms with Crippen LogP contribution in [0.5, 0.6) is 0 Å². The van der Waals surface area contributed by atoms with Crippen LogP contribution in [0.15, 0.2) is 12.1 Å². The molecule has 3 N–H and O–H groups in total. The van der Waals surface area contributed by atoms with Crippen molar-refractivity contribution in [3.05, 3.63) is 28.8 Å². The van der Waals surface area contributed by atoms with E-state index in [0.717, 1.165) is 17.5 Å². The highest BCUT2D eigenvalue weighted by atomic mass is 16.2. The zero-order chi connectivity index (χ0) is 14.9. The minimum Gasteiger partial charge on any atom is -0.398 e. The van der Waals surface area contributed by atoms with Crippen LogP contribution in [0, 0.1) is 13.8 Å². The largest absolute Gasteiger partial charge is 0.398 e. The van der Waals surface area contributed by atoms with E-state index in [0.29, 0.717) is 24.3 Å². The Morgan fingerprint density at radius 3 is 2.65 bits per heavy atom. The third-order valence-electron chi connectivity index (χ3n) is 3.73. The highest BCUT2D eigenvalue weighted by Crippen LogP contribution is 2.21. The van der Waals surface area contributed by atoms with Crippen LogP contribution < -0.4 is 11.1 Å². The van der Waals surface area contributed by atoms with Gasteiger partial charge in [0.25, 0.3) is 5.91 Å². The minimum atomic E-state index is -0.0555. The second-order valence-corrected chi connectivity index (χ2v) is 5.46. The first-order valence-corrected chi connectivity index (χ1v) is 6.81. The van der Waals surface area contributed by atoms with Gasteiger partial charge in [0.1, 0.15) is 0 Å². The van der Waals surface area contributed by atoms with Gasteiger partial charge in [-0.3, -0.25) is 9.59 Å². The van der Waals surface area contributed by atoms with Gasteiger partial charge in [0, 0.05) is 37.3 Å². The fourth-order valence-electron chi connectivity index (χ4n) is 2.62. The minimum absolute atomic E-state index is 0.0120. The maximum absolute atomic E-state index is 12.5. The zero-order valence-corrected chi connectivity index (χ0v) is 12.2. The summed E-state index contributed by atoms with van der Waals surface area (Å²) in [7, 11) is 0. The molecule has 1 fully saturated rings. The Bertz CT molecular complexity index is 554. The molecule has 2 amide bonds. The number of hydrogen-bond donors (Lipinski definition) is 2. The molecule has 1 aliphatic heterocycles. The lowest BCUT2D eigenvalue weighted by atomic mass is 10.0. The molecule has 1 heterocycles. The molecule has 1 atom stereocenters. The summed E-state index contributed by atoms with van der Waals surface area (Å²) in [5, 5.41) is 2.86. The average molecular weight is 275 g/mol. The number of nitrogens with zero attached hydrogens (tertiary/aromatic N) is 1. The van der Waals surface area contributed by atoms with E-state index < -0.39 is 0 Å². The standard InChI is InChI=1S/C15H21N3O2/c1-9-6-10(2)14(16)7-13(9)15(20)18-5-4-12(8-18)17-11(3)19/h6-7,12H,4-5,8,16H2,1-3H3,(H,17,19). The van der Waals surface area contributed by atoms with Crippen molar-refractivity contribution in [3.8, 4) is 0 Å². The molecule has 1 aromatic rings. The number of nitrogens with two attached hydrogens (primary N) is 1. The van der Waals surface area contributed by atoms with E-state index in [9.17, 15) is 9.59 Å². The average Bonchev–Trinajstić information content (AvgIpc) is 2.80. The first-order chi connectivity index (χ1) is 9.38. The lowest BCUT2D eigenvalue weighted by molar-refractivity contribution is -0.119. The predicted octanol–water partition coefficient (Wildman–Crippen LogP) is 1.24. The quantitative estimate of drug-likeness (QED) is 0.797. The van der Waals surface area contributed by atoms with Crippen LogP contribution in [0.3, 0.4) is 0 Å². The van der Waals surface area contributed by atoms with Crippen LogP contribution in [0.4, 0.5) is 5.69 Å². The Labute approximate surface area is 119 Å². The maximum Gasteiger partial charge on any atom is 0.254 e. The molecule has 1 aliphatic rings. The van der Waals surface area contributed by atoms with Crippen molar-refractivity contribution in [2.24, 2.45) is 0 Å². The van der Waals surface area contributed by atoms with Gasteiger partial charge >= 0.3 is 0 Å². The van der Waals surface area contributed by atoms with Gasteiger partial charge in [0.05, 0.1) is 0 Å². The Morgan fingerprint density at radius 1 is 1.30 bits per heavy atom. The molecule has 108 valence electrons. The summed E-state index contributed by atoms with van der Waals surface area (Å²) in [5.74, 6) is -0.0675. The van der Waals surface area contributed by atoms with Crippen molar-refractivity contribution >= 4 is 17.5 Å². The predicted molar refractivity (Wildman–Crippen MR) is 78.5 cm³/mol. The molecule has 1 unspecified atom stereocenters. The number of nitrogen functional groups attached to an aromatic ring is 1. The second kappa shape index (κ2) is 5.53. The van der Waals surface area contributed by atoms with E-state index in [2.05, 4.69) is 5.32 Å². The van der Waals surface area contributed by atoms with Gasteiger partial charge in [-0.05, 0) is 37.5 Å². The second-order valence-electron chi connectivity index (χ2n) is 5.46. The van der Waals surface area contributed by atoms with Crippen LogP contribution in [0.2, 0.25) is 0 Å². The number of benzene rings is 1. The molecule has 0 spiro atoms. The van der Waals surface area contributed by atoms with Gasteiger partial charge in [-0.2, -0.15) is 0 Å². The number of aryl methyl sites for hydroxylation is 2. The van der Waals surface area contributed by atoms with Gasteiger partial charge < -0.3 is 16.0 Å². The number of likely N-dealkylation sites (tertiary alicyclic amines) is 1. The first kappa shape index (κ1) is 14.4. The molecule has 5 heteroatoms. The van der Waals surface area contributed by atoms with Gasteiger partial charge in [0.2, 0.25) is 5.91 Å². The van der Waals surface area contributed by atoms with E-state index in [1.54, 1.807) is 11.0 Å². The van der Waals surface area contributed by atoms with Crippen LogP contribution in [-0.4, -0.2) is 35.8 Å². The van der Waals surface area contributed by atoms with Gasteiger partial charge in [0.15, 0.2) is 0 Å². The van der Waals surface area contributed by atoms with E-state index >= 15 is 0 Å². The number of carbonyl (C=O) groups excluding carboxylic acids is 2. The number of carbonyl (C=O) groups is 2. The Balaban J connectivity index is 2.13. The number of hydrogen-bond acceptors (Lipinski definition) is 3.